The first-order valence-corrected chi connectivity index (χ1v) is 11.4. The van der Waals surface area contributed by atoms with Crippen molar-refractivity contribution in [3.05, 3.63) is 99.2 Å². The number of aryl methyl sites for hydroxylation is 2. The highest BCUT2D eigenvalue weighted by atomic mass is 35.5. The third kappa shape index (κ3) is 4.45. The van der Waals surface area contributed by atoms with Crippen molar-refractivity contribution in [2.45, 2.75) is 20.4 Å². The lowest BCUT2D eigenvalue weighted by molar-refractivity contribution is 0.0924. The number of furan rings is 1. The van der Waals surface area contributed by atoms with E-state index in [9.17, 15) is 4.79 Å². The number of oxazole rings is 1. The van der Waals surface area contributed by atoms with Crippen molar-refractivity contribution in [3.63, 3.8) is 0 Å². The van der Waals surface area contributed by atoms with Gasteiger partial charge < -0.3 is 14.2 Å². The number of fused-ring (bicyclic) bond motifs is 1. The molecule has 0 aliphatic carbocycles. The van der Waals surface area contributed by atoms with Gasteiger partial charge in [0.2, 0.25) is 5.89 Å². The molecule has 5 aromatic rings. The molecule has 0 bridgehead atoms. The van der Waals surface area contributed by atoms with E-state index >= 15 is 0 Å². The highest BCUT2D eigenvalue weighted by Gasteiger charge is 2.14. The highest BCUT2D eigenvalue weighted by Crippen LogP contribution is 2.30. The summed E-state index contributed by atoms with van der Waals surface area (Å²) in [4.78, 5) is 17.2. The maximum Gasteiger partial charge on any atom is 0.287 e. The van der Waals surface area contributed by atoms with Crippen LogP contribution in [-0.2, 0) is 6.54 Å². The summed E-state index contributed by atoms with van der Waals surface area (Å²) >= 11 is 12.0. The van der Waals surface area contributed by atoms with Gasteiger partial charge in [-0.05, 0) is 85.1 Å². The van der Waals surface area contributed by atoms with Gasteiger partial charge in [0.1, 0.15) is 11.3 Å². The first-order valence-electron chi connectivity index (χ1n) is 10.7. The second-order valence-electron chi connectivity index (χ2n) is 8.10. The number of halogens is 2. The monoisotopic (exact) mass is 490 g/mol. The Morgan fingerprint density at radius 2 is 1.59 bits per heavy atom. The van der Waals surface area contributed by atoms with Crippen LogP contribution < -0.4 is 5.32 Å². The molecule has 2 heterocycles. The average molecular weight is 491 g/mol. The Morgan fingerprint density at radius 1 is 0.853 bits per heavy atom. The molecule has 0 aliphatic heterocycles. The van der Waals surface area contributed by atoms with E-state index in [1.165, 1.54) is 11.1 Å². The fourth-order valence-corrected chi connectivity index (χ4v) is 3.90. The fraction of sp³-hybridized carbons (Fsp3) is 0.111. The van der Waals surface area contributed by atoms with Gasteiger partial charge in [0, 0.05) is 17.7 Å². The Hall–Kier alpha value is -3.54. The number of benzene rings is 3. The van der Waals surface area contributed by atoms with Gasteiger partial charge in [-0.3, -0.25) is 4.79 Å². The molecule has 0 fully saturated rings. The van der Waals surface area contributed by atoms with Crippen LogP contribution in [-0.4, -0.2) is 10.9 Å². The first-order chi connectivity index (χ1) is 16.4. The summed E-state index contributed by atoms with van der Waals surface area (Å²) in [5, 5.41) is 3.76. The van der Waals surface area contributed by atoms with Crippen LogP contribution in [0.2, 0.25) is 10.0 Å². The number of hydrogen-bond donors (Lipinski definition) is 1. The zero-order valence-corrected chi connectivity index (χ0v) is 20.0. The van der Waals surface area contributed by atoms with Crippen LogP contribution in [0, 0.1) is 13.8 Å². The van der Waals surface area contributed by atoms with Crippen LogP contribution in [0.25, 0.3) is 33.9 Å². The van der Waals surface area contributed by atoms with Crippen molar-refractivity contribution in [1.29, 1.82) is 0 Å². The number of carbonyl (C=O) groups is 1. The maximum absolute atomic E-state index is 12.5. The van der Waals surface area contributed by atoms with Crippen LogP contribution in [0.3, 0.4) is 0 Å². The van der Waals surface area contributed by atoms with Gasteiger partial charge in [0.25, 0.3) is 5.91 Å². The third-order valence-electron chi connectivity index (χ3n) is 5.69. The average Bonchev–Trinajstić information content (AvgIpc) is 3.48. The van der Waals surface area contributed by atoms with Crippen LogP contribution >= 0.6 is 23.2 Å². The summed E-state index contributed by atoms with van der Waals surface area (Å²) in [5.74, 6) is 1.02. The Balaban J connectivity index is 1.25. The van der Waals surface area contributed by atoms with Gasteiger partial charge in [0.05, 0.1) is 10.0 Å². The number of nitrogens with zero attached hydrogens (tertiary/aromatic N) is 1. The van der Waals surface area contributed by atoms with Crippen molar-refractivity contribution in [3.8, 4) is 22.8 Å². The minimum absolute atomic E-state index is 0.217. The molecular weight excluding hydrogens is 471 g/mol. The van der Waals surface area contributed by atoms with Gasteiger partial charge in [-0.25, -0.2) is 4.98 Å². The molecule has 0 spiro atoms. The van der Waals surface area contributed by atoms with E-state index in [0.29, 0.717) is 28.2 Å². The highest BCUT2D eigenvalue weighted by molar-refractivity contribution is 6.42. The second kappa shape index (κ2) is 9.01. The van der Waals surface area contributed by atoms with Crippen molar-refractivity contribution in [1.82, 2.24) is 10.3 Å². The molecule has 2 aromatic heterocycles. The lowest BCUT2D eigenvalue weighted by atomic mass is 10.1. The largest absolute Gasteiger partial charge is 0.451 e. The molecule has 0 saturated heterocycles. The molecule has 0 aliphatic rings. The molecule has 1 N–H and O–H groups in total. The van der Waals surface area contributed by atoms with Crippen molar-refractivity contribution in [2.75, 3.05) is 0 Å². The summed E-state index contributed by atoms with van der Waals surface area (Å²) in [6.07, 6.45) is 0. The zero-order chi connectivity index (χ0) is 23.8. The number of rotatable bonds is 5. The van der Waals surface area contributed by atoms with E-state index in [4.69, 9.17) is 32.0 Å². The summed E-state index contributed by atoms with van der Waals surface area (Å²) in [6.45, 7) is 4.47. The molecule has 0 unspecified atom stereocenters. The molecule has 34 heavy (non-hydrogen) atoms. The molecule has 0 radical (unpaired) electrons. The molecule has 5 rings (SSSR count). The number of hydrogen-bond acceptors (Lipinski definition) is 4. The SMILES string of the molecule is Cc1cc2nc(-c3ccc(CNC(=O)c4ccc(-c5ccc(Cl)c(Cl)c5)o4)cc3)oc2cc1C. The fourth-order valence-electron chi connectivity index (χ4n) is 3.60. The van der Waals surface area contributed by atoms with Crippen LogP contribution in [0.5, 0.6) is 0 Å². The molecule has 0 atom stereocenters. The van der Waals surface area contributed by atoms with Gasteiger partial charge in [-0.2, -0.15) is 0 Å². The summed E-state index contributed by atoms with van der Waals surface area (Å²) in [6, 6.07) is 20.3. The normalized spacial score (nSPS) is 11.2. The van der Waals surface area contributed by atoms with E-state index in [-0.39, 0.29) is 11.7 Å². The predicted octanol–water partition coefficient (Wildman–Crippen LogP) is 7.61. The minimum atomic E-state index is -0.305. The Bertz CT molecular complexity index is 1480. The summed E-state index contributed by atoms with van der Waals surface area (Å²) in [5.41, 5.74) is 6.52. The van der Waals surface area contributed by atoms with E-state index in [0.717, 1.165) is 27.8 Å². The zero-order valence-electron chi connectivity index (χ0n) is 18.5. The standard InChI is InChI=1S/C27H20Cl2N2O3/c1-15-11-22-25(12-16(15)2)34-27(31-22)18-5-3-17(4-6-18)14-30-26(32)24-10-9-23(33-24)19-7-8-20(28)21(29)13-19/h3-13H,14H2,1-2H3,(H,30,32). The molecule has 3 aromatic carbocycles. The summed E-state index contributed by atoms with van der Waals surface area (Å²) in [7, 11) is 0. The molecule has 170 valence electrons. The second-order valence-corrected chi connectivity index (χ2v) is 8.91. The Kier molecular flexibility index (Phi) is 5.90. The topological polar surface area (TPSA) is 68.3 Å². The molecule has 1 amide bonds. The van der Waals surface area contributed by atoms with E-state index in [2.05, 4.69) is 24.1 Å². The maximum atomic E-state index is 12.5. The first kappa shape index (κ1) is 22.3. The van der Waals surface area contributed by atoms with E-state index < -0.39 is 0 Å². The molecule has 7 heteroatoms. The predicted molar refractivity (Wildman–Crippen MR) is 134 cm³/mol. The minimum Gasteiger partial charge on any atom is -0.451 e. The Morgan fingerprint density at radius 3 is 2.35 bits per heavy atom. The van der Waals surface area contributed by atoms with Gasteiger partial charge in [-0.1, -0.05) is 35.3 Å². The van der Waals surface area contributed by atoms with Crippen molar-refractivity contribution in [2.24, 2.45) is 0 Å². The van der Waals surface area contributed by atoms with E-state index in [1.807, 2.05) is 36.4 Å². The summed E-state index contributed by atoms with van der Waals surface area (Å²) < 4.78 is 11.6. The van der Waals surface area contributed by atoms with Gasteiger partial charge in [0.15, 0.2) is 11.3 Å². The Labute approximate surface area is 206 Å². The van der Waals surface area contributed by atoms with Crippen LogP contribution in [0.1, 0.15) is 27.2 Å². The van der Waals surface area contributed by atoms with Crippen molar-refractivity contribution < 1.29 is 13.6 Å². The third-order valence-corrected chi connectivity index (χ3v) is 6.43. The number of aromatic nitrogens is 1. The molecule has 0 saturated carbocycles. The number of amides is 1. The van der Waals surface area contributed by atoms with E-state index in [1.54, 1.807) is 30.3 Å². The van der Waals surface area contributed by atoms with Crippen molar-refractivity contribution >= 4 is 40.2 Å². The smallest absolute Gasteiger partial charge is 0.287 e. The molecular formula is C27H20Cl2N2O3. The van der Waals surface area contributed by atoms with Crippen LogP contribution in [0.4, 0.5) is 0 Å². The number of carbonyl (C=O) groups excluding carboxylic acids is 1. The quantitative estimate of drug-likeness (QED) is 0.275. The number of nitrogens with one attached hydrogen (secondary N) is 1. The molecule has 5 nitrogen and oxygen atoms in total. The van der Waals surface area contributed by atoms with Crippen LogP contribution in [0.15, 0.2) is 75.6 Å². The van der Waals surface area contributed by atoms with Gasteiger partial charge >= 0.3 is 0 Å². The van der Waals surface area contributed by atoms with Gasteiger partial charge in [-0.15, -0.1) is 0 Å². The lowest BCUT2D eigenvalue weighted by Gasteiger charge is -2.05. The lowest BCUT2D eigenvalue weighted by Crippen LogP contribution is -2.22.